The molecule has 0 radical (unpaired) electrons. The van der Waals surface area contributed by atoms with Gasteiger partial charge in [-0.05, 0) is 70.6 Å². The third-order valence-electron chi connectivity index (χ3n) is 10.2. The number of quaternary nitrogens is 1. The molecule has 3 unspecified atom stereocenters. The number of hydrogen-bond donors (Lipinski definition) is 3. The maximum absolute atomic E-state index is 12.8. The van der Waals surface area contributed by atoms with Crippen molar-refractivity contribution in [3.8, 4) is 0 Å². The molecule has 8 nitrogen and oxygen atoms in total. The zero-order chi connectivity index (χ0) is 44.3. The monoisotopic (exact) mass is 860 g/mol. The average Bonchev–Trinajstić information content (AvgIpc) is 3.20. The smallest absolute Gasteiger partial charge is 0.391 e. The van der Waals surface area contributed by atoms with Gasteiger partial charge in [0.2, 0.25) is 5.91 Å². The third kappa shape index (κ3) is 43.8. The van der Waals surface area contributed by atoms with Gasteiger partial charge < -0.3 is 19.8 Å². The van der Waals surface area contributed by atoms with E-state index in [0.29, 0.717) is 23.9 Å². The number of likely N-dealkylation sites (N-methyl/N-ethyl adjacent to an activating group) is 1. The van der Waals surface area contributed by atoms with Crippen LogP contribution in [-0.4, -0.2) is 73.4 Å². The maximum atomic E-state index is 12.8. The first-order chi connectivity index (χ1) is 29.0. The van der Waals surface area contributed by atoms with Crippen molar-refractivity contribution < 1.29 is 32.9 Å². The van der Waals surface area contributed by atoms with Crippen LogP contribution < -0.4 is 5.32 Å². The molecule has 0 aliphatic carbocycles. The Kier molecular flexibility index (Phi) is 40.4. The predicted octanol–water partition coefficient (Wildman–Crippen LogP) is 13.7. The topological polar surface area (TPSA) is 105 Å². The molecule has 3 N–H and O–H groups in total. The lowest BCUT2D eigenvalue weighted by Crippen LogP contribution is -2.46. The van der Waals surface area contributed by atoms with Crippen molar-refractivity contribution in [3.63, 3.8) is 0 Å². The Morgan fingerprint density at radius 3 is 1.47 bits per heavy atom. The molecule has 9 heteroatoms. The minimum atomic E-state index is -4.31. The summed E-state index contributed by atoms with van der Waals surface area (Å²) in [5, 5.41) is 13.8. The number of amides is 1. The van der Waals surface area contributed by atoms with Crippen molar-refractivity contribution in [3.05, 3.63) is 85.1 Å². The van der Waals surface area contributed by atoms with Crippen LogP contribution in [-0.2, 0) is 18.4 Å². The Bertz CT molecular complexity index is 1250. The van der Waals surface area contributed by atoms with E-state index in [1.807, 2.05) is 21.1 Å². The molecule has 0 aliphatic rings. The molecule has 3 atom stereocenters. The van der Waals surface area contributed by atoms with Crippen LogP contribution in [0.3, 0.4) is 0 Å². The molecular weight excluding hydrogens is 768 g/mol. The largest absolute Gasteiger partial charge is 0.472 e. The van der Waals surface area contributed by atoms with E-state index in [1.165, 1.54) is 64.2 Å². The van der Waals surface area contributed by atoms with Gasteiger partial charge in [0, 0.05) is 6.42 Å². The van der Waals surface area contributed by atoms with Crippen LogP contribution in [0.2, 0.25) is 0 Å². The van der Waals surface area contributed by atoms with Crippen molar-refractivity contribution in [2.24, 2.45) is 0 Å². The first-order valence-electron chi connectivity index (χ1n) is 24.0. The molecule has 1 amide bonds. The number of rotatable bonds is 42. The quantitative estimate of drug-likeness (QED) is 0.0244. The van der Waals surface area contributed by atoms with Crippen molar-refractivity contribution in [1.29, 1.82) is 0 Å². The van der Waals surface area contributed by atoms with Crippen LogP contribution in [0.4, 0.5) is 0 Å². The normalized spacial score (nSPS) is 15.0. The Morgan fingerprint density at radius 2 is 1.00 bits per heavy atom. The number of allylic oxidation sites excluding steroid dienone is 14. The van der Waals surface area contributed by atoms with Gasteiger partial charge in [-0.25, -0.2) is 4.57 Å². The fourth-order valence-electron chi connectivity index (χ4n) is 6.38. The fourth-order valence-corrected chi connectivity index (χ4v) is 7.11. The van der Waals surface area contributed by atoms with E-state index in [0.717, 1.165) is 89.9 Å². The van der Waals surface area contributed by atoms with E-state index in [2.05, 4.69) is 104 Å². The van der Waals surface area contributed by atoms with E-state index in [-0.39, 0.29) is 19.1 Å². The number of nitrogens with one attached hydrogen (secondary N) is 1. The van der Waals surface area contributed by atoms with Gasteiger partial charge in [-0.3, -0.25) is 13.8 Å². The lowest BCUT2D eigenvalue weighted by Gasteiger charge is -2.26. The fraction of sp³-hybridized carbons (Fsp3) is 0.706. The summed E-state index contributed by atoms with van der Waals surface area (Å²) in [5.74, 6) is -0.160. The highest BCUT2D eigenvalue weighted by atomic mass is 31.2. The van der Waals surface area contributed by atoms with Crippen molar-refractivity contribution in [2.45, 2.75) is 193 Å². The Morgan fingerprint density at radius 1 is 0.583 bits per heavy atom. The predicted molar refractivity (Wildman–Crippen MR) is 258 cm³/mol. The highest BCUT2D eigenvalue weighted by Crippen LogP contribution is 2.43. The van der Waals surface area contributed by atoms with Gasteiger partial charge in [0.25, 0.3) is 0 Å². The van der Waals surface area contributed by atoms with Crippen LogP contribution in [0.1, 0.15) is 181 Å². The summed E-state index contributed by atoms with van der Waals surface area (Å²) in [4.78, 5) is 23.1. The van der Waals surface area contributed by atoms with Gasteiger partial charge in [-0.2, -0.15) is 0 Å². The summed E-state index contributed by atoms with van der Waals surface area (Å²) in [7, 11) is 1.59. The SMILES string of the molecule is CC/C=C\C/C=C\C/C=C\C/C=C\C/C=C\C/C=C\C/C=C\CCCCCCCCCCCC(=O)NC(COP(=O)(O)OCC[N+](C)(C)C)C(O)CCCCCCCCC. The Hall–Kier alpha value is -2.32. The van der Waals surface area contributed by atoms with E-state index in [1.54, 1.807) is 0 Å². The number of aliphatic hydroxyl groups is 1. The number of phosphoric acid groups is 1. The molecular formula is C51H92N2O6P+. The molecule has 346 valence electrons. The molecule has 0 aromatic rings. The minimum absolute atomic E-state index is 0.0688. The number of aliphatic hydroxyl groups excluding tert-OH is 1. The molecule has 0 bridgehead atoms. The second-order valence-corrected chi connectivity index (χ2v) is 18.6. The lowest BCUT2D eigenvalue weighted by atomic mass is 10.0. The first-order valence-corrected chi connectivity index (χ1v) is 25.4. The number of nitrogens with zero attached hydrogens (tertiary/aromatic N) is 1. The molecule has 0 fully saturated rings. The first kappa shape index (κ1) is 57.7. The third-order valence-corrected chi connectivity index (χ3v) is 11.1. The number of hydrogen-bond acceptors (Lipinski definition) is 5. The number of carbonyl (C=O) groups is 1. The molecule has 0 saturated heterocycles. The zero-order valence-corrected chi connectivity index (χ0v) is 40.1. The standard InChI is InChI=1S/C51H91N2O6P/c1-6-8-10-12-14-15-16-17-18-19-20-21-22-23-24-25-26-27-28-29-30-31-32-33-34-35-36-37-39-41-43-45-51(55)52-49(50(54)44-42-40-38-13-11-9-7-2)48-59-60(56,57)58-47-46-53(3,4)5/h8,10,14-15,17-18,20-21,23-24,26-27,29-30,49-50,54H,6-7,9,11-13,16,19,22,25,28,31-48H2,1-5H3,(H-,52,55,56,57)/p+1/b10-8-,15-14-,18-17-,21-20-,24-23-,27-26-,30-29-. The molecule has 0 rings (SSSR count). The number of phosphoric ester groups is 1. The van der Waals surface area contributed by atoms with Crippen LogP contribution in [0.25, 0.3) is 0 Å². The van der Waals surface area contributed by atoms with Crippen molar-refractivity contribution in [2.75, 3.05) is 40.9 Å². The molecule has 0 heterocycles. The maximum Gasteiger partial charge on any atom is 0.472 e. The summed E-state index contributed by atoms with van der Waals surface area (Å²) in [6, 6.07) is -0.766. The lowest BCUT2D eigenvalue weighted by molar-refractivity contribution is -0.870. The molecule has 0 aromatic heterocycles. The zero-order valence-electron chi connectivity index (χ0n) is 39.2. The van der Waals surface area contributed by atoms with Gasteiger partial charge in [0.05, 0.1) is 39.9 Å². The molecule has 60 heavy (non-hydrogen) atoms. The van der Waals surface area contributed by atoms with Gasteiger partial charge in [0.1, 0.15) is 13.2 Å². The summed E-state index contributed by atoms with van der Waals surface area (Å²) < 4.78 is 23.5. The van der Waals surface area contributed by atoms with E-state index < -0.39 is 20.0 Å². The molecule has 0 spiro atoms. The van der Waals surface area contributed by atoms with Crippen molar-refractivity contribution in [1.82, 2.24) is 5.32 Å². The van der Waals surface area contributed by atoms with Gasteiger partial charge in [-0.1, -0.05) is 189 Å². The summed E-state index contributed by atoms with van der Waals surface area (Å²) in [6.07, 6.45) is 57.9. The summed E-state index contributed by atoms with van der Waals surface area (Å²) in [5.41, 5.74) is 0. The average molecular weight is 860 g/mol. The van der Waals surface area contributed by atoms with Gasteiger partial charge in [-0.15, -0.1) is 0 Å². The highest BCUT2D eigenvalue weighted by molar-refractivity contribution is 7.47. The summed E-state index contributed by atoms with van der Waals surface area (Å²) >= 11 is 0. The Balaban J connectivity index is 4.07. The van der Waals surface area contributed by atoms with E-state index in [9.17, 15) is 19.4 Å². The minimum Gasteiger partial charge on any atom is -0.391 e. The van der Waals surface area contributed by atoms with Gasteiger partial charge >= 0.3 is 7.82 Å². The van der Waals surface area contributed by atoms with Crippen LogP contribution >= 0.6 is 7.82 Å². The van der Waals surface area contributed by atoms with E-state index >= 15 is 0 Å². The molecule has 0 saturated carbocycles. The van der Waals surface area contributed by atoms with E-state index in [4.69, 9.17) is 9.05 Å². The number of unbranched alkanes of at least 4 members (excludes halogenated alkanes) is 15. The number of carbonyl (C=O) groups excluding carboxylic acids is 1. The van der Waals surface area contributed by atoms with Gasteiger partial charge in [0.15, 0.2) is 0 Å². The highest BCUT2D eigenvalue weighted by Gasteiger charge is 2.28. The van der Waals surface area contributed by atoms with Crippen LogP contribution in [0, 0.1) is 0 Å². The van der Waals surface area contributed by atoms with Crippen LogP contribution in [0.15, 0.2) is 85.1 Å². The molecule has 0 aliphatic heterocycles. The van der Waals surface area contributed by atoms with Crippen LogP contribution in [0.5, 0.6) is 0 Å². The summed E-state index contributed by atoms with van der Waals surface area (Å²) in [6.45, 7) is 4.70. The second-order valence-electron chi connectivity index (χ2n) is 17.1. The molecule has 0 aromatic carbocycles. The van der Waals surface area contributed by atoms with Crippen molar-refractivity contribution >= 4 is 13.7 Å². The Labute approximate surface area is 369 Å². The second kappa shape index (κ2) is 42.0.